The van der Waals surface area contributed by atoms with E-state index in [1.807, 2.05) is 59.2 Å². The van der Waals surface area contributed by atoms with Gasteiger partial charge >= 0.3 is 0 Å². The highest BCUT2D eigenvalue weighted by Crippen LogP contribution is 2.28. The highest BCUT2D eigenvalue weighted by Gasteiger charge is 2.15. The lowest BCUT2D eigenvalue weighted by Gasteiger charge is -2.10. The molecule has 0 atom stereocenters. The number of hydrogen-bond donors (Lipinski definition) is 1. The van der Waals surface area contributed by atoms with Gasteiger partial charge in [-0.1, -0.05) is 47.6 Å². The van der Waals surface area contributed by atoms with Crippen LogP contribution in [0.25, 0.3) is 11.4 Å². The Morgan fingerprint density at radius 1 is 1.07 bits per heavy atom. The third-order valence-corrected chi connectivity index (χ3v) is 6.27. The van der Waals surface area contributed by atoms with Gasteiger partial charge in [0.05, 0.1) is 11.4 Å². The molecule has 154 valence electrons. The van der Waals surface area contributed by atoms with Crippen molar-refractivity contribution in [2.45, 2.75) is 16.6 Å². The number of hydrogen-bond acceptors (Lipinski definition) is 5. The number of carbonyl (C=O) groups is 1. The Kier molecular flexibility index (Phi) is 8.19. The molecule has 0 bridgehead atoms. The van der Waals surface area contributed by atoms with Crippen molar-refractivity contribution in [3.8, 4) is 11.4 Å². The van der Waals surface area contributed by atoms with E-state index in [1.165, 1.54) is 11.8 Å². The number of anilines is 1. The maximum atomic E-state index is 12.5. The first-order valence-electron chi connectivity index (χ1n) is 9.17. The Hall–Kier alpha value is -2.48. The number of thioether (sulfide) groups is 2. The highest BCUT2D eigenvalue weighted by molar-refractivity contribution is 8.00. The predicted octanol–water partition coefficient (Wildman–Crippen LogP) is 5.79. The molecule has 0 aliphatic heterocycles. The summed E-state index contributed by atoms with van der Waals surface area (Å²) in [5.74, 6) is 1.60. The molecular weight excluding hydrogens is 436 g/mol. The first-order valence-corrected chi connectivity index (χ1v) is 11.5. The van der Waals surface area contributed by atoms with Crippen LogP contribution in [0.1, 0.15) is 0 Å². The van der Waals surface area contributed by atoms with Crippen molar-refractivity contribution in [2.75, 3.05) is 16.8 Å². The van der Waals surface area contributed by atoms with Gasteiger partial charge in [-0.15, -0.1) is 35.1 Å². The summed E-state index contributed by atoms with van der Waals surface area (Å²) < 4.78 is 1.93. The number of nitrogens with one attached hydrogen (secondary N) is 1. The van der Waals surface area contributed by atoms with E-state index in [-0.39, 0.29) is 11.7 Å². The molecule has 1 N–H and O–H groups in total. The van der Waals surface area contributed by atoms with E-state index in [0.717, 1.165) is 21.9 Å². The van der Waals surface area contributed by atoms with Crippen molar-refractivity contribution < 1.29 is 4.79 Å². The number of benzene rings is 2. The first-order chi connectivity index (χ1) is 14.6. The van der Waals surface area contributed by atoms with Gasteiger partial charge in [-0.2, -0.15) is 0 Å². The monoisotopic (exact) mass is 456 g/mol. The largest absolute Gasteiger partial charge is 0.324 e. The second-order valence-electron chi connectivity index (χ2n) is 6.15. The number of para-hydroxylation sites is 1. The van der Waals surface area contributed by atoms with E-state index in [4.69, 9.17) is 11.6 Å². The van der Waals surface area contributed by atoms with Crippen molar-refractivity contribution in [2.24, 2.45) is 0 Å². The van der Waals surface area contributed by atoms with Crippen LogP contribution >= 0.6 is 35.1 Å². The van der Waals surface area contributed by atoms with Crippen LogP contribution in [0, 0.1) is 0 Å². The standard InChI is InChI=1S/C22H21ClN4OS2/c1-3-13-27-21(16-9-11-17(23)12-10-16)25-26-22(27)30-15-20(28)24-18-7-5-6-8-19(18)29-14-4-2/h3-12H,1-2,13-15H2,(H,24,28). The number of carbonyl (C=O) groups excluding carboxylic acids is 1. The third-order valence-electron chi connectivity index (χ3n) is 3.98. The molecule has 0 fully saturated rings. The van der Waals surface area contributed by atoms with Gasteiger partial charge in [-0.05, 0) is 36.4 Å². The maximum Gasteiger partial charge on any atom is 0.234 e. The van der Waals surface area contributed by atoms with Crippen LogP contribution < -0.4 is 5.32 Å². The Morgan fingerprint density at radius 2 is 1.83 bits per heavy atom. The van der Waals surface area contributed by atoms with Crippen LogP contribution in [0.2, 0.25) is 5.02 Å². The average Bonchev–Trinajstić information content (AvgIpc) is 3.15. The minimum atomic E-state index is -0.104. The quantitative estimate of drug-likeness (QED) is 0.309. The lowest BCUT2D eigenvalue weighted by atomic mass is 10.2. The fourth-order valence-corrected chi connectivity index (χ4v) is 4.28. The number of rotatable bonds is 10. The number of nitrogens with zero attached hydrogens (tertiary/aromatic N) is 3. The Balaban J connectivity index is 1.70. The van der Waals surface area contributed by atoms with Gasteiger partial charge < -0.3 is 5.32 Å². The minimum absolute atomic E-state index is 0.104. The van der Waals surface area contributed by atoms with Gasteiger partial charge in [0, 0.05) is 27.8 Å². The lowest BCUT2D eigenvalue weighted by Crippen LogP contribution is -2.15. The van der Waals surface area contributed by atoms with Crippen LogP contribution in [-0.2, 0) is 11.3 Å². The molecule has 0 aliphatic carbocycles. The molecule has 2 aromatic carbocycles. The summed E-state index contributed by atoms with van der Waals surface area (Å²) in [7, 11) is 0. The molecule has 0 unspecified atom stereocenters. The van der Waals surface area contributed by atoms with E-state index in [1.54, 1.807) is 17.8 Å². The SMILES string of the molecule is C=CCSc1ccccc1NC(=O)CSc1nnc(-c2ccc(Cl)cc2)n1CC=C. The van der Waals surface area contributed by atoms with E-state index < -0.39 is 0 Å². The summed E-state index contributed by atoms with van der Waals surface area (Å²) >= 11 is 8.95. The zero-order valence-electron chi connectivity index (χ0n) is 16.3. The summed E-state index contributed by atoms with van der Waals surface area (Å²) in [5.41, 5.74) is 1.70. The second-order valence-corrected chi connectivity index (χ2v) is 8.59. The minimum Gasteiger partial charge on any atom is -0.324 e. The summed E-state index contributed by atoms with van der Waals surface area (Å²) in [6, 6.07) is 15.1. The Bertz CT molecular complexity index is 1030. The van der Waals surface area contributed by atoms with Crippen molar-refractivity contribution in [3.63, 3.8) is 0 Å². The summed E-state index contributed by atoms with van der Waals surface area (Å²) in [6.45, 7) is 8.09. The number of halogens is 1. The predicted molar refractivity (Wildman–Crippen MR) is 127 cm³/mol. The molecule has 0 radical (unpaired) electrons. The highest BCUT2D eigenvalue weighted by atomic mass is 35.5. The molecule has 1 aromatic heterocycles. The number of aromatic nitrogens is 3. The van der Waals surface area contributed by atoms with Gasteiger partial charge in [0.2, 0.25) is 5.91 Å². The van der Waals surface area contributed by atoms with E-state index in [9.17, 15) is 4.79 Å². The molecule has 8 heteroatoms. The molecule has 3 aromatic rings. The Labute approximate surface area is 189 Å². The lowest BCUT2D eigenvalue weighted by molar-refractivity contribution is -0.113. The fourth-order valence-electron chi connectivity index (χ4n) is 2.66. The zero-order valence-corrected chi connectivity index (χ0v) is 18.6. The number of allylic oxidation sites excluding steroid dienone is 1. The van der Waals surface area contributed by atoms with Crippen LogP contribution in [0.15, 0.2) is 83.9 Å². The van der Waals surface area contributed by atoms with Gasteiger partial charge in [-0.25, -0.2) is 0 Å². The van der Waals surface area contributed by atoms with Gasteiger partial charge in [0.15, 0.2) is 11.0 Å². The molecule has 0 aliphatic rings. The molecule has 1 amide bonds. The van der Waals surface area contributed by atoms with Crippen LogP contribution in [0.4, 0.5) is 5.69 Å². The smallest absolute Gasteiger partial charge is 0.234 e. The van der Waals surface area contributed by atoms with Crippen LogP contribution in [-0.4, -0.2) is 32.2 Å². The molecule has 0 saturated carbocycles. The average molecular weight is 457 g/mol. The molecule has 3 rings (SSSR count). The molecule has 1 heterocycles. The topological polar surface area (TPSA) is 59.8 Å². The fraction of sp³-hybridized carbons (Fsp3) is 0.136. The van der Waals surface area contributed by atoms with Crippen molar-refractivity contribution in [3.05, 3.63) is 78.9 Å². The van der Waals surface area contributed by atoms with E-state index in [0.29, 0.717) is 22.5 Å². The molecule has 5 nitrogen and oxygen atoms in total. The van der Waals surface area contributed by atoms with E-state index >= 15 is 0 Å². The summed E-state index contributed by atoms with van der Waals surface area (Å²) in [5, 5.41) is 12.9. The molecule has 0 saturated heterocycles. The van der Waals surface area contributed by atoms with Gasteiger partial charge in [0.1, 0.15) is 0 Å². The maximum absolute atomic E-state index is 12.5. The van der Waals surface area contributed by atoms with Gasteiger partial charge in [0.25, 0.3) is 0 Å². The summed E-state index contributed by atoms with van der Waals surface area (Å²) in [4.78, 5) is 13.6. The Morgan fingerprint density at radius 3 is 2.57 bits per heavy atom. The van der Waals surface area contributed by atoms with Crippen molar-refractivity contribution in [1.29, 1.82) is 0 Å². The van der Waals surface area contributed by atoms with Crippen LogP contribution in [0.3, 0.4) is 0 Å². The van der Waals surface area contributed by atoms with Crippen LogP contribution in [0.5, 0.6) is 0 Å². The molecule has 30 heavy (non-hydrogen) atoms. The van der Waals surface area contributed by atoms with Crippen molar-refractivity contribution in [1.82, 2.24) is 14.8 Å². The molecule has 0 spiro atoms. The third kappa shape index (κ3) is 5.78. The number of amides is 1. The van der Waals surface area contributed by atoms with Crippen molar-refractivity contribution >= 4 is 46.7 Å². The first kappa shape index (κ1) is 22.2. The zero-order chi connectivity index (χ0) is 21.3. The second kappa shape index (κ2) is 11.1. The van der Waals surface area contributed by atoms with Gasteiger partial charge in [-0.3, -0.25) is 9.36 Å². The van der Waals surface area contributed by atoms with E-state index in [2.05, 4.69) is 28.7 Å². The normalized spacial score (nSPS) is 10.6. The molecular formula is C22H21ClN4OS2. The summed E-state index contributed by atoms with van der Waals surface area (Å²) in [6.07, 6.45) is 3.61.